The van der Waals surface area contributed by atoms with Crippen LogP contribution in [0.1, 0.15) is 15.9 Å². The van der Waals surface area contributed by atoms with Crippen molar-refractivity contribution in [3.8, 4) is 0 Å². The molecule has 0 spiro atoms. The summed E-state index contributed by atoms with van der Waals surface area (Å²) in [5.74, 6) is -0.422. The minimum Gasteiger partial charge on any atom is -0.383 e. The lowest BCUT2D eigenvalue weighted by Gasteiger charge is -2.14. The summed E-state index contributed by atoms with van der Waals surface area (Å²) in [5.41, 5.74) is -1.78. The monoisotopic (exact) mass is 387 g/mol. The second-order valence-electron chi connectivity index (χ2n) is 5.18. The zero-order valence-corrected chi connectivity index (χ0v) is 13.9. The molecular weight excluding hydrogens is 375 g/mol. The molecule has 2 aromatic carbocycles. The highest BCUT2D eigenvalue weighted by Gasteiger charge is 2.35. The zero-order chi connectivity index (χ0) is 19.3. The predicted octanol–water partition coefficient (Wildman–Crippen LogP) is 4.11. The number of amides is 1. The number of benzene rings is 2. The maximum Gasteiger partial charge on any atom is 0.418 e. The first-order valence-corrected chi connectivity index (χ1v) is 7.69. The highest BCUT2D eigenvalue weighted by molar-refractivity contribution is 6.30. The highest BCUT2D eigenvalue weighted by Crippen LogP contribution is 2.36. The van der Waals surface area contributed by atoms with Gasteiger partial charge in [0, 0.05) is 41.5 Å². The molecule has 2 aromatic rings. The number of hydrogen-bond acceptors (Lipinski definition) is 4. The molecule has 0 saturated heterocycles. The van der Waals surface area contributed by atoms with Gasteiger partial charge in [-0.25, -0.2) is 0 Å². The summed E-state index contributed by atoms with van der Waals surface area (Å²) < 4.78 is 39.1. The summed E-state index contributed by atoms with van der Waals surface area (Å²) in [5, 5.41) is 16.1. The highest BCUT2D eigenvalue weighted by atomic mass is 35.5. The molecule has 138 valence electrons. The first kappa shape index (κ1) is 19.5. The number of nitro benzene ring substituents is 1. The lowest BCUT2D eigenvalue weighted by molar-refractivity contribution is -0.385. The van der Waals surface area contributed by atoms with E-state index in [1.54, 1.807) is 18.2 Å². The number of nitrogens with zero attached hydrogens (tertiary/aromatic N) is 1. The molecule has 2 N–H and O–H groups in total. The fourth-order valence-corrected chi connectivity index (χ4v) is 2.33. The van der Waals surface area contributed by atoms with Gasteiger partial charge in [-0.05, 0) is 24.3 Å². The van der Waals surface area contributed by atoms with Crippen molar-refractivity contribution >= 4 is 28.9 Å². The molecule has 0 bridgehead atoms. The van der Waals surface area contributed by atoms with Crippen LogP contribution in [-0.2, 0) is 6.18 Å². The molecule has 6 nitrogen and oxygen atoms in total. The number of carbonyl (C=O) groups is 1. The van der Waals surface area contributed by atoms with Gasteiger partial charge < -0.3 is 10.6 Å². The maximum atomic E-state index is 13.0. The van der Waals surface area contributed by atoms with Crippen molar-refractivity contribution in [2.24, 2.45) is 0 Å². The largest absolute Gasteiger partial charge is 0.418 e. The molecule has 26 heavy (non-hydrogen) atoms. The number of nitrogens with one attached hydrogen (secondary N) is 2. The molecule has 0 aliphatic carbocycles. The van der Waals surface area contributed by atoms with Crippen LogP contribution in [0.4, 0.5) is 24.5 Å². The fourth-order valence-electron chi connectivity index (χ4n) is 2.14. The molecule has 10 heteroatoms. The molecular formula is C16H13ClF3N3O3. The Labute approximate surface area is 151 Å². The number of alkyl halides is 3. The fraction of sp³-hybridized carbons (Fsp3) is 0.188. The van der Waals surface area contributed by atoms with E-state index in [0.29, 0.717) is 16.7 Å². The van der Waals surface area contributed by atoms with Crippen LogP contribution >= 0.6 is 11.6 Å². The van der Waals surface area contributed by atoms with E-state index in [-0.39, 0.29) is 18.8 Å². The maximum absolute atomic E-state index is 13.0. The smallest absolute Gasteiger partial charge is 0.383 e. The third kappa shape index (κ3) is 5.09. The normalized spacial score (nSPS) is 11.1. The number of halogens is 4. The van der Waals surface area contributed by atoms with Crippen molar-refractivity contribution in [1.29, 1.82) is 0 Å². The van der Waals surface area contributed by atoms with Gasteiger partial charge in [0.2, 0.25) is 0 Å². The SMILES string of the molecule is O=C(NCCNc1ccc([N+](=O)[O-])cc1C(F)(F)F)c1cccc(Cl)c1. The Morgan fingerprint density at radius 1 is 1.15 bits per heavy atom. The average molecular weight is 388 g/mol. The molecule has 0 aliphatic heterocycles. The van der Waals surface area contributed by atoms with Gasteiger partial charge in [0.1, 0.15) is 0 Å². The average Bonchev–Trinajstić information content (AvgIpc) is 2.57. The number of non-ortho nitro benzene ring substituents is 1. The Balaban J connectivity index is 1.99. The molecule has 0 fully saturated rings. The van der Waals surface area contributed by atoms with Crippen molar-refractivity contribution in [2.75, 3.05) is 18.4 Å². The van der Waals surface area contributed by atoms with Gasteiger partial charge in [0.05, 0.1) is 10.5 Å². The summed E-state index contributed by atoms with van der Waals surface area (Å²) in [6, 6.07) is 8.64. The van der Waals surface area contributed by atoms with Crippen LogP contribution in [0.15, 0.2) is 42.5 Å². The van der Waals surface area contributed by atoms with Crippen LogP contribution in [0.2, 0.25) is 5.02 Å². The van der Waals surface area contributed by atoms with Crippen LogP contribution in [0.25, 0.3) is 0 Å². The summed E-state index contributed by atoms with van der Waals surface area (Å²) in [4.78, 5) is 21.6. The van der Waals surface area contributed by atoms with E-state index in [0.717, 1.165) is 12.1 Å². The van der Waals surface area contributed by atoms with E-state index in [2.05, 4.69) is 10.6 Å². The van der Waals surface area contributed by atoms with Crippen molar-refractivity contribution in [3.05, 3.63) is 68.7 Å². The molecule has 0 saturated carbocycles. The van der Waals surface area contributed by atoms with E-state index in [1.165, 1.54) is 6.07 Å². The van der Waals surface area contributed by atoms with Gasteiger partial charge in [-0.3, -0.25) is 14.9 Å². The second-order valence-corrected chi connectivity index (χ2v) is 5.61. The van der Waals surface area contributed by atoms with Crippen molar-refractivity contribution < 1.29 is 22.9 Å². The van der Waals surface area contributed by atoms with Gasteiger partial charge in [-0.1, -0.05) is 17.7 Å². The Morgan fingerprint density at radius 2 is 1.88 bits per heavy atom. The summed E-state index contributed by atoms with van der Waals surface area (Å²) in [6.45, 7) is 0.0346. The quantitative estimate of drug-likeness (QED) is 0.444. The Morgan fingerprint density at radius 3 is 2.50 bits per heavy atom. The summed E-state index contributed by atoms with van der Waals surface area (Å²) in [7, 11) is 0. The Bertz CT molecular complexity index is 828. The molecule has 2 rings (SSSR count). The minimum absolute atomic E-state index is 0.00675. The number of rotatable bonds is 6. The van der Waals surface area contributed by atoms with E-state index < -0.39 is 28.3 Å². The number of carbonyl (C=O) groups excluding carboxylic acids is 1. The van der Waals surface area contributed by atoms with Crippen LogP contribution in [0.5, 0.6) is 0 Å². The van der Waals surface area contributed by atoms with Crippen molar-refractivity contribution in [3.63, 3.8) is 0 Å². The van der Waals surface area contributed by atoms with E-state index in [9.17, 15) is 28.1 Å². The van der Waals surface area contributed by atoms with Crippen LogP contribution < -0.4 is 10.6 Å². The van der Waals surface area contributed by atoms with E-state index in [4.69, 9.17) is 11.6 Å². The van der Waals surface area contributed by atoms with Crippen molar-refractivity contribution in [2.45, 2.75) is 6.18 Å². The molecule has 0 aliphatic rings. The van der Waals surface area contributed by atoms with Gasteiger partial charge in [-0.2, -0.15) is 13.2 Å². The Kier molecular flexibility index (Phi) is 6.04. The van der Waals surface area contributed by atoms with Gasteiger partial charge in [0.15, 0.2) is 0 Å². The predicted molar refractivity (Wildman–Crippen MR) is 90.4 cm³/mol. The Hall–Kier alpha value is -2.81. The third-order valence-electron chi connectivity index (χ3n) is 3.33. The van der Waals surface area contributed by atoms with Crippen LogP contribution in [-0.4, -0.2) is 23.9 Å². The molecule has 0 aromatic heterocycles. The summed E-state index contributed by atoms with van der Waals surface area (Å²) in [6.07, 6.45) is -4.75. The molecule has 0 radical (unpaired) electrons. The standard InChI is InChI=1S/C16H13ClF3N3O3/c17-11-3-1-2-10(8-11)15(24)22-7-6-21-14-5-4-12(23(25)26)9-13(14)16(18,19)20/h1-5,8-9,21H,6-7H2,(H,22,24). The van der Waals surface area contributed by atoms with Crippen molar-refractivity contribution in [1.82, 2.24) is 5.32 Å². The molecule has 0 atom stereocenters. The topological polar surface area (TPSA) is 84.3 Å². The van der Waals surface area contributed by atoms with E-state index in [1.807, 2.05) is 0 Å². The van der Waals surface area contributed by atoms with E-state index >= 15 is 0 Å². The number of hydrogen-bond donors (Lipinski definition) is 2. The first-order valence-electron chi connectivity index (χ1n) is 7.32. The van der Waals surface area contributed by atoms with Crippen LogP contribution in [0.3, 0.4) is 0 Å². The third-order valence-corrected chi connectivity index (χ3v) is 3.57. The van der Waals surface area contributed by atoms with Gasteiger partial charge in [-0.15, -0.1) is 0 Å². The first-order chi connectivity index (χ1) is 12.2. The van der Waals surface area contributed by atoms with Gasteiger partial charge >= 0.3 is 6.18 Å². The number of anilines is 1. The number of nitro groups is 1. The lowest BCUT2D eigenvalue weighted by atomic mass is 10.1. The second kappa shape index (κ2) is 8.05. The van der Waals surface area contributed by atoms with Gasteiger partial charge in [0.25, 0.3) is 11.6 Å². The summed E-state index contributed by atoms with van der Waals surface area (Å²) >= 11 is 5.78. The molecule has 0 heterocycles. The molecule has 1 amide bonds. The molecule has 0 unspecified atom stereocenters. The zero-order valence-electron chi connectivity index (χ0n) is 13.1. The van der Waals surface area contributed by atoms with Crippen LogP contribution in [0, 0.1) is 10.1 Å². The lowest BCUT2D eigenvalue weighted by Crippen LogP contribution is -2.29. The minimum atomic E-state index is -4.75.